The van der Waals surface area contributed by atoms with Crippen molar-refractivity contribution in [2.45, 2.75) is 12.8 Å². The number of piperidine rings is 1. The molecule has 1 unspecified atom stereocenters. The summed E-state index contributed by atoms with van der Waals surface area (Å²) in [5.74, 6) is -0.344. The van der Waals surface area contributed by atoms with Crippen molar-refractivity contribution in [3.63, 3.8) is 0 Å². The number of thiocarbonyl (C=S) groups is 1. The van der Waals surface area contributed by atoms with E-state index in [0.29, 0.717) is 11.5 Å². The van der Waals surface area contributed by atoms with Crippen molar-refractivity contribution in [1.29, 1.82) is 0 Å². The van der Waals surface area contributed by atoms with Gasteiger partial charge in [0.2, 0.25) is 5.91 Å². The Labute approximate surface area is 126 Å². The van der Waals surface area contributed by atoms with E-state index in [1.165, 1.54) is 0 Å². The molecule has 1 saturated heterocycles. The molecule has 4 nitrogen and oxygen atoms in total. The highest BCUT2D eigenvalue weighted by molar-refractivity contribution is 9.10. The summed E-state index contributed by atoms with van der Waals surface area (Å²) in [6, 6.07) is 5.82. The van der Waals surface area contributed by atoms with Crippen LogP contribution in [0.2, 0.25) is 0 Å². The van der Waals surface area contributed by atoms with Crippen LogP contribution in [0.3, 0.4) is 0 Å². The lowest BCUT2D eigenvalue weighted by Crippen LogP contribution is -2.41. The number of anilines is 1. The zero-order chi connectivity index (χ0) is 14.0. The molecule has 1 aromatic carbocycles. The van der Waals surface area contributed by atoms with E-state index in [2.05, 4.69) is 20.8 Å². The number of hydrogen-bond acceptors (Lipinski definition) is 3. The maximum atomic E-state index is 11.4. The van der Waals surface area contributed by atoms with Gasteiger partial charge in [-0.15, -0.1) is 0 Å². The molecule has 0 aliphatic carbocycles. The second-order valence-electron chi connectivity index (χ2n) is 4.69. The summed E-state index contributed by atoms with van der Waals surface area (Å²) in [7, 11) is 0. The molecule has 1 heterocycles. The molecule has 1 aliphatic rings. The van der Waals surface area contributed by atoms with Gasteiger partial charge in [0, 0.05) is 28.8 Å². The maximum Gasteiger partial charge on any atom is 0.222 e. The third kappa shape index (κ3) is 3.06. The number of benzene rings is 1. The van der Waals surface area contributed by atoms with Crippen molar-refractivity contribution in [3.8, 4) is 0 Å². The van der Waals surface area contributed by atoms with Gasteiger partial charge in [-0.1, -0.05) is 18.3 Å². The largest absolute Gasteiger partial charge is 0.389 e. The summed E-state index contributed by atoms with van der Waals surface area (Å²) < 4.78 is 0.874. The lowest BCUT2D eigenvalue weighted by Gasteiger charge is -2.34. The molecule has 6 heteroatoms. The van der Waals surface area contributed by atoms with Gasteiger partial charge in [-0.05, 0) is 40.9 Å². The van der Waals surface area contributed by atoms with E-state index in [9.17, 15) is 4.79 Å². The molecule has 0 spiro atoms. The van der Waals surface area contributed by atoms with E-state index in [4.69, 9.17) is 23.7 Å². The molecule has 0 radical (unpaired) electrons. The highest BCUT2D eigenvalue weighted by atomic mass is 79.9. The van der Waals surface area contributed by atoms with Gasteiger partial charge in [0.25, 0.3) is 0 Å². The fourth-order valence-corrected chi connectivity index (χ4v) is 3.36. The molecule has 1 aromatic rings. The minimum absolute atomic E-state index is 0.105. The van der Waals surface area contributed by atoms with Gasteiger partial charge in [0.1, 0.15) is 4.99 Å². The minimum atomic E-state index is -0.239. The van der Waals surface area contributed by atoms with Gasteiger partial charge in [-0.25, -0.2) is 0 Å². The molecule has 4 N–H and O–H groups in total. The summed E-state index contributed by atoms with van der Waals surface area (Å²) in [6.07, 6.45) is 1.79. The fraction of sp³-hybridized carbons (Fsp3) is 0.385. The molecule has 0 bridgehead atoms. The number of carbonyl (C=O) groups excluding carboxylic acids is 1. The van der Waals surface area contributed by atoms with Crippen LogP contribution in [0.5, 0.6) is 0 Å². The first-order chi connectivity index (χ1) is 9.00. The van der Waals surface area contributed by atoms with Crippen molar-refractivity contribution in [1.82, 2.24) is 0 Å². The second kappa shape index (κ2) is 5.88. The zero-order valence-electron chi connectivity index (χ0n) is 10.4. The van der Waals surface area contributed by atoms with E-state index < -0.39 is 0 Å². The summed E-state index contributed by atoms with van der Waals surface area (Å²) >= 11 is 8.59. The first kappa shape index (κ1) is 14.3. The summed E-state index contributed by atoms with van der Waals surface area (Å²) in [4.78, 5) is 13.8. The Kier molecular flexibility index (Phi) is 4.42. The Bertz CT molecular complexity index is 521. The van der Waals surface area contributed by atoms with Crippen LogP contribution >= 0.6 is 28.1 Å². The molecule has 102 valence electrons. The smallest absolute Gasteiger partial charge is 0.222 e. The quantitative estimate of drug-likeness (QED) is 0.822. The van der Waals surface area contributed by atoms with E-state index in [1.807, 2.05) is 18.2 Å². The van der Waals surface area contributed by atoms with Gasteiger partial charge in [0.15, 0.2) is 0 Å². The Balaban J connectivity index is 2.34. The predicted octanol–water partition coefficient (Wildman–Crippen LogP) is 1.78. The van der Waals surface area contributed by atoms with Gasteiger partial charge in [-0.2, -0.15) is 0 Å². The molecule has 19 heavy (non-hydrogen) atoms. The van der Waals surface area contributed by atoms with Gasteiger partial charge in [-0.3, -0.25) is 4.79 Å². The zero-order valence-corrected chi connectivity index (χ0v) is 12.8. The van der Waals surface area contributed by atoms with Crippen LogP contribution in [0.1, 0.15) is 18.4 Å². The Morgan fingerprint density at radius 1 is 1.42 bits per heavy atom. The predicted molar refractivity (Wildman–Crippen MR) is 84.2 cm³/mol. The van der Waals surface area contributed by atoms with Gasteiger partial charge < -0.3 is 16.4 Å². The van der Waals surface area contributed by atoms with Crippen LogP contribution in [0.4, 0.5) is 5.69 Å². The number of rotatable bonds is 3. The van der Waals surface area contributed by atoms with E-state index >= 15 is 0 Å². The average molecular weight is 342 g/mol. The lowest BCUT2D eigenvalue weighted by atomic mass is 9.96. The number of primary amides is 1. The molecule has 2 rings (SSSR count). The molecular weight excluding hydrogens is 326 g/mol. The first-order valence-corrected chi connectivity index (χ1v) is 7.33. The normalized spacial score (nSPS) is 19.2. The number of nitrogens with zero attached hydrogens (tertiary/aromatic N) is 1. The van der Waals surface area contributed by atoms with E-state index in [1.54, 1.807) is 0 Å². The van der Waals surface area contributed by atoms with Crippen molar-refractivity contribution < 1.29 is 4.79 Å². The molecule has 1 amide bonds. The third-order valence-electron chi connectivity index (χ3n) is 3.40. The van der Waals surface area contributed by atoms with Crippen molar-refractivity contribution >= 4 is 44.7 Å². The number of amides is 1. The van der Waals surface area contributed by atoms with Crippen molar-refractivity contribution in [3.05, 3.63) is 28.2 Å². The van der Waals surface area contributed by atoms with E-state index in [0.717, 1.165) is 35.1 Å². The highest BCUT2D eigenvalue weighted by Crippen LogP contribution is 2.31. The highest BCUT2D eigenvalue weighted by Gasteiger charge is 2.26. The summed E-state index contributed by atoms with van der Waals surface area (Å²) in [5, 5.41) is 0. The molecule has 1 fully saturated rings. The van der Waals surface area contributed by atoms with Crippen LogP contribution in [-0.2, 0) is 4.79 Å². The number of carbonyl (C=O) groups is 1. The van der Waals surface area contributed by atoms with Crippen LogP contribution in [-0.4, -0.2) is 24.0 Å². The topological polar surface area (TPSA) is 72.4 Å². The van der Waals surface area contributed by atoms with Gasteiger partial charge >= 0.3 is 0 Å². The van der Waals surface area contributed by atoms with Gasteiger partial charge in [0.05, 0.1) is 5.92 Å². The SMILES string of the molecule is NC(=O)C1CCCN(c2cccc(Br)c2C(N)=S)C1. The average Bonchev–Trinajstić information content (AvgIpc) is 2.38. The monoisotopic (exact) mass is 341 g/mol. The minimum Gasteiger partial charge on any atom is -0.389 e. The molecular formula is C13H16BrN3OS. The number of hydrogen-bond donors (Lipinski definition) is 2. The summed E-state index contributed by atoms with van der Waals surface area (Å²) in [6.45, 7) is 1.51. The Hall–Kier alpha value is -1.14. The van der Waals surface area contributed by atoms with Crippen molar-refractivity contribution in [2.24, 2.45) is 17.4 Å². The Morgan fingerprint density at radius 2 is 2.16 bits per heavy atom. The van der Waals surface area contributed by atoms with Crippen LogP contribution in [0, 0.1) is 5.92 Å². The number of halogens is 1. The Morgan fingerprint density at radius 3 is 2.79 bits per heavy atom. The second-order valence-corrected chi connectivity index (χ2v) is 5.98. The standard InChI is InChI=1S/C13H16BrN3OS/c14-9-4-1-5-10(11(9)13(16)19)17-6-2-3-8(7-17)12(15)18/h1,4-5,8H,2-3,6-7H2,(H2,15,18)(H2,16,19). The van der Waals surface area contributed by atoms with Crippen molar-refractivity contribution in [2.75, 3.05) is 18.0 Å². The first-order valence-electron chi connectivity index (χ1n) is 6.13. The van der Waals surface area contributed by atoms with Crippen LogP contribution in [0.15, 0.2) is 22.7 Å². The summed E-state index contributed by atoms with van der Waals surface area (Å²) in [5.41, 5.74) is 13.0. The lowest BCUT2D eigenvalue weighted by molar-refractivity contribution is -0.122. The number of nitrogens with two attached hydrogens (primary N) is 2. The maximum absolute atomic E-state index is 11.4. The van der Waals surface area contributed by atoms with Crippen LogP contribution in [0.25, 0.3) is 0 Å². The van der Waals surface area contributed by atoms with Crippen LogP contribution < -0.4 is 16.4 Å². The molecule has 0 saturated carbocycles. The fourth-order valence-electron chi connectivity index (χ4n) is 2.45. The van der Waals surface area contributed by atoms with E-state index in [-0.39, 0.29) is 11.8 Å². The third-order valence-corrected chi connectivity index (χ3v) is 4.27. The molecule has 1 atom stereocenters. The molecule has 1 aliphatic heterocycles. The molecule has 0 aromatic heterocycles.